The van der Waals surface area contributed by atoms with Gasteiger partial charge in [-0.05, 0) is 135 Å². The Morgan fingerprint density at radius 2 is 0.760 bits per heavy atom. The van der Waals surface area contributed by atoms with Gasteiger partial charge < -0.3 is 29.6 Å². The Hall–Kier alpha value is 1.62. The van der Waals surface area contributed by atoms with E-state index in [1.54, 1.807) is 0 Å². The molecule has 0 saturated heterocycles. The lowest BCUT2D eigenvalue weighted by Gasteiger charge is -2.56. The first kappa shape index (κ1) is 26.6. The van der Waals surface area contributed by atoms with Crippen molar-refractivity contribution < 1.29 is 0 Å². The van der Waals surface area contributed by atoms with Crippen LogP contribution in [0.4, 0.5) is 0 Å². The molecule has 0 N–H and O–H groups in total. The van der Waals surface area contributed by atoms with E-state index in [9.17, 15) is 0 Å². The number of hydrogen-bond acceptors (Lipinski definition) is 0. The van der Waals surface area contributed by atoms with Crippen LogP contribution in [0.1, 0.15) is 0 Å². The van der Waals surface area contributed by atoms with Crippen LogP contribution in [0.15, 0.2) is 0 Å². The molecule has 0 aromatic rings. The van der Waals surface area contributed by atoms with E-state index in [1.807, 2.05) is 0 Å². The van der Waals surface area contributed by atoms with Crippen molar-refractivity contribution in [1.29, 1.82) is 0 Å². The highest BCUT2D eigenvalue weighted by atomic mass is 13.3. The van der Waals surface area contributed by atoms with Gasteiger partial charge in [-0.2, -0.15) is 0 Å². The molecule has 0 fully saturated rings. The van der Waals surface area contributed by atoms with Crippen molar-refractivity contribution >= 4 is 178 Å². The third-order valence-corrected chi connectivity index (χ3v) is 4.67. The van der Waals surface area contributed by atoms with Gasteiger partial charge in [0.15, 0.2) is 0 Å². The van der Waals surface area contributed by atoms with Crippen molar-refractivity contribution in [3.8, 4) is 0 Å². The average Bonchev–Trinajstić information content (AvgIpc) is 2.41. The molecule has 25 heteroatoms. The lowest BCUT2D eigenvalue weighted by Crippen LogP contribution is -2.85. The van der Waals surface area contributed by atoms with Gasteiger partial charge in [-0.1, -0.05) is 0 Å². The zero-order chi connectivity index (χ0) is 20.1. The first-order valence-electron chi connectivity index (χ1n) is 8.00. The maximum absolute atomic E-state index is 5.99. The fraction of sp³-hybridized carbons (Fsp3) is 0. The lowest BCUT2D eigenvalue weighted by atomic mass is 8.35. The Labute approximate surface area is 177 Å². The Balaban J connectivity index is 6.38. The molecule has 0 heterocycles. The molecule has 0 aliphatic heterocycles. The second-order valence-corrected chi connectivity index (χ2v) is 6.54. The fourth-order valence-corrected chi connectivity index (χ4v) is 3.59. The molecule has 0 aromatic carbocycles. The average molecular weight is 270 g/mol. The summed E-state index contributed by atoms with van der Waals surface area (Å²) in [6, 6.07) is 0. The third-order valence-electron chi connectivity index (χ3n) is 4.67. The Kier molecular flexibility index (Phi) is 13.0. The smallest absolute Gasteiger partial charge is 0.000000000137 e. The van der Waals surface area contributed by atoms with Crippen LogP contribution in [0.3, 0.4) is 0 Å². The molecular formula is B25-3. The second kappa shape index (κ2) is 12.2. The van der Waals surface area contributed by atoms with Crippen molar-refractivity contribution in [1.82, 2.24) is 0 Å². The van der Waals surface area contributed by atoms with Crippen molar-refractivity contribution in [2.45, 2.75) is 0 Å². The highest BCUT2D eigenvalue weighted by molar-refractivity contribution is 8.24. The molecule has 0 saturated carbocycles. The predicted molar refractivity (Wildman–Crippen MR) is 144 cm³/mol. The van der Waals surface area contributed by atoms with Gasteiger partial charge in [0.05, 0.1) is 0 Å². The Bertz CT molecular complexity index is 298. The second-order valence-electron chi connectivity index (χ2n) is 6.54. The zero-order valence-electron chi connectivity index (χ0n) is 14.4. The van der Waals surface area contributed by atoms with Crippen LogP contribution in [0.25, 0.3) is 0 Å². The van der Waals surface area contributed by atoms with E-state index < -0.39 is 70.2 Å². The van der Waals surface area contributed by atoms with Crippen LogP contribution in [-0.2, 0) is 0 Å². The molecule has 0 bridgehead atoms. The number of hydrogen-bond donors (Lipinski definition) is 0. The van der Waals surface area contributed by atoms with Crippen LogP contribution in [0.2, 0.25) is 0 Å². The van der Waals surface area contributed by atoms with Gasteiger partial charge in [0.1, 0.15) is 0 Å². The first-order chi connectivity index (χ1) is 11.4. The molecule has 0 amide bonds. The largest absolute Gasteiger partial charge is 0.729 e. The molecular weight excluding hydrogens is 270 g/mol. The standard InChI is InChI=1S/B25/c1-14-21(15(2)3)24(20(12)13)25(22(16(4)5)17(6)7)23(18(8)9)19(10)11/q-3. The third kappa shape index (κ3) is 7.51. The maximum Gasteiger partial charge on any atom is -0.000000000137 e. The highest BCUT2D eigenvalue weighted by Crippen LogP contribution is 2.10. The van der Waals surface area contributed by atoms with Gasteiger partial charge >= 0.3 is 0 Å². The monoisotopic (exact) mass is 275 g/mol. The minimum Gasteiger partial charge on any atom is -0.729 e. The van der Waals surface area contributed by atoms with E-state index in [1.165, 1.54) is 7.06 Å². The molecule has 0 atom stereocenters. The SMILES string of the molecule is [B]B([B])B(B([B])[B])B(B(B([B])[B])B([B])[B])B(B([B])[B])B([B][B-])B([B-])[B-]. The van der Waals surface area contributed by atoms with Crippen molar-refractivity contribution in [2.24, 2.45) is 0 Å². The quantitative estimate of drug-likeness (QED) is 0.327. The summed E-state index contributed by atoms with van der Waals surface area (Å²) in [4.78, 5) is 0. The minimum atomic E-state index is -0.960. The van der Waals surface area contributed by atoms with E-state index in [4.69, 9.17) is 101 Å². The van der Waals surface area contributed by atoms with Gasteiger partial charge in [0, 0.05) is 0 Å². The van der Waals surface area contributed by atoms with Crippen molar-refractivity contribution in [2.75, 3.05) is 0 Å². The van der Waals surface area contributed by atoms with E-state index in [-0.39, 0.29) is 0 Å². The predicted octanol–water partition coefficient (Wildman–Crippen LogP) is -9.52. The van der Waals surface area contributed by atoms with E-state index in [0.717, 1.165) is 0 Å². The molecule has 0 unspecified atom stereocenters. The topological polar surface area (TPSA) is 0 Å². The van der Waals surface area contributed by atoms with Crippen LogP contribution in [0, 0.1) is 0 Å². The molecule has 25 heavy (non-hydrogen) atoms. The normalized spacial score (nSPS) is 9.40. The molecule has 0 rings (SSSR count). The molecule has 30 radical (unpaired) electrons. The van der Waals surface area contributed by atoms with Gasteiger partial charge in [-0.15, -0.1) is 6.39 Å². The summed E-state index contributed by atoms with van der Waals surface area (Å²) < 4.78 is 0. The minimum absolute atomic E-state index is 0.648. The molecule has 0 aliphatic carbocycles. The molecule has 0 nitrogen and oxygen atoms in total. The van der Waals surface area contributed by atoms with E-state index in [0.29, 0.717) is 0 Å². The van der Waals surface area contributed by atoms with E-state index in [2.05, 4.69) is 0 Å². The van der Waals surface area contributed by atoms with Crippen LogP contribution in [0.5, 0.6) is 0 Å². The molecule has 0 spiro atoms. The summed E-state index contributed by atoms with van der Waals surface area (Å²) in [6.07, 6.45) is -9.19. The van der Waals surface area contributed by atoms with Gasteiger partial charge in [-0.3, -0.25) is 7.06 Å². The van der Waals surface area contributed by atoms with Crippen molar-refractivity contribution in [3.63, 3.8) is 0 Å². The van der Waals surface area contributed by atoms with Crippen molar-refractivity contribution in [3.05, 3.63) is 0 Å². The fourth-order valence-electron chi connectivity index (χ4n) is 3.59. The molecule has 0 aliphatic rings. The summed E-state index contributed by atoms with van der Waals surface area (Å²) in [7, 11) is 77.9. The summed E-state index contributed by atoms with van der Waals surface area (Å²) in [6.45, 7) is 0. The molecule has 78 valence electrons. The summed E-state index contributed by atoms with van der Waals surface area (Å²) in [5.74, 6) is 0. The summed E-state index contributed by atoms with van der Waals surface area (Å²) in [5, 5.41) is 0. The van der Waals surface area contributed by atoms with Crippen LogP contribution in [-0.4, -0.2) is 178 Å². The van der Waals surface area contributed by atoms with Gasteiger partial charge in [-0.25, -0.2) is 0 Å². The highest BCUT2D eigenvalue weighted by Gasteiger charge is 2.46. The molecule has 0 aromatic heterocycles. The number of rotatable bonds is 11. The van der Waals surface area contributed by atoms with Gasteiger partial charge in [0.2, 0.25) is 0 Å². The van der Waals surface area contributed by atoms with Crippen LogP contribution >= 0.6 is 0 Å². The Morgan fingerprint density at radius 1 is 0.480 bits per heavy atom. The Morgan fingerprint density at radius 3 is 0.920 bits per heavy atom. The van der Waals surface area contributed by atoms with Gasteiger partial charge in [0.25, 0.3) is 0 Å². The maximum atomic E-state index is 5.99. The lowest BCUT2D eigenvalue weighted by molar-refractivity contribution is 3.29. The first-order valence-corrected chi connectivity index (χ1v) is 8.00. The zero-order valence-corrected chi connectivity index (χ0v) is 14.4. The van der Waals surface area contributed by atoms with E-state index >= 15 is 0 Å². The summed E-state index contributed by atoms with van der Waals surface area (Å²) in [5.41, 5.74) is 0. The summed E-state index contributed by atoms with van der Waals surface area (Å²) >= 11 is 0. The van der Waals surface area contributed by atoms with Crippen LogP contribution < -0.4 is 0 Å².